The molecule has 17 heavy (non-hydrogen) atoms. The number of benzene rings is 1. The third kappa shape index (κ3) is 2.56. The van der Waals surface area contributed by atoms with E-state index in [2.05, 4.69) is 14.5 Å². The smallest absolute Gasteiger partial charge is 0.174 e. The summed E-state index contributed by atoms with van der Waals surface area (Å²) in [4.78, 5) is 5.04. The van der Waals surface area contributed by atoms with Gasteiger partial charge in [-0.05, 0) is 30.1 Å². The third-order valence-electron chi connectivity index (χ3n) is 2.13. The summed E-state index contributed by atoms with van der Waals surface area (Å²) in [6.45, 7) is 1.97. The van der Waals surface area contributed by atoms with Gasteiger partial charge in [0.25, 0.3) is 0 Å². The first-order valence-corrected chi connectivity index (χ1v) is 6.33. The third-order valence-corrected chi connectivity index (χ3v) is 4.09. The zero-order chi connectivity index (χ0) is 12.3. The minimum absolute atomic E-state index is 0.0979. The van der Waals surface area contributed by atoms with Crippen molar-refractivity contribution in [2.75, 3.05) is 0 Å². The van der Waals surface area contributed by atoms with Crippen LogP contribution in [0, 0.1) is 6.92 Å². The first-order chi connectivity index (χ1) is 8.22. The Morgan fingerprint density at radius 1 is 1.53 bits per heavy atom. The van der Waals surface area contributed by atoms with E-state index in [-0.39, 0.29) is 5.84 Å². The largest absolute Gasteiger partial charge is 0.409 e. The molecule has 0 saturated heterocycles. The first kappa shape index (κ1) is 11.9. The zero-order valence-electron chi connectivity index (χ0n) is 8.99. The van der Waals surface area contributed by atoms with Gasteiger partial charge in [0.05, 0.1) is 0 Å². The number of hydrogen-bond acceptors (Lipinski definition) is 6. The SMILES string of the molecule is Cc1cccc(/C(N)=N/O)c1Sc1ncns1. The predicted molar refractivity (Wildman–Crippen MR) is 67.7 cm³/mol. The number of amidine groups is 1. The average molecular weight is 266 g/mol. The highest BCUT2D eigenvalue weighted by molar-refractivity contribution is 8.01. The van der Waals surface area contributed by atoms with Crippen LogP contribution in [0.3, 0.4) is 0 Å². The molecule has 0 spiro atoms. The Bertz CT molecular complexity index is 539. The van der Waals surface area contributed by atoms with Crippen molar-refractivity contribution in [2.45, 2.75) is 16.2 Å². The summed E-state index contributed by atoms with van der Waals surface area (Å²) in [7, 11) is 0. The molecule has 0 aliphatic carbocycles. The van der Waals surface area contributed by atoms with Crippen LogP contribution in [0.5, 0.6) is 0 Å². The van der Waals surface area contributed by atoms with Crippen molar-refractivity contribution in [3.05, 3.63) is 35.7 Å². The van der Waals surface area contributed by atoms with Crippen molar-refractivity contribution in [2.24, 2.45) is 10.9 Å². The Kier molecular flexibility index (Phi) is 3.60. The first-order valence-electron chi connectivity index (χ1n) is 4.74. The number of nitrogens with two attached hydrogens (primary N) is 1. The molecule has 0 fully saturated rings. The molecular weight excluding hydrogens is 256 g/mol. The minimum atomic E-state index is 0.0979. The van der Waals surface area contributed by atoms with Crippen LogP contribution in [0.25, 0.3) is 0 Å². The molecule has 1 aromatic carbocycles. The van der Waals surface area contributed by atoms with E-state index in [0.29, 0.717) is 5.56 Å². The highest BCUT2D eigenvalue weighted by Gasteiger charge is 2.12. The van der Waals surface area contributed by atoms with E-state index in [1.165, 1.54) is 29.6 Å². The van der Waals surface area contributed by atoms with Crippen LogP contribution in [0.4, 0.5) is 0 Å². The van der Waals surface area contributed by atoms with Crippen LogP contribution in [0.1, 0.15) is 11.1 Å². The molecule has 1 heterocycles. The summed E-state index contributed by atoms with van der Waals surface area (Å²) >= 11 is 2.78. The maximum Gasteiger partial charge on any atom is 0.174 e. The van der Waals surface area contributed by atoms with E-state index in [1.54, 1.807) is 0 Å². The van der Waals surface area contributed by atoms with Gasteiger partial charge in [-0.2, -0.15) is 4.37 Å². The zero-order valence-corrected chi connectivity index (χ0v) is 10.6. The van der Waals surface area contributed by atoms with E-state index >= 15 is 0 Å². The molecule has 0 aliphatic rings. The van der Waals surface area contributed by atoms with Crippen molar-refractivity contribution < 1.29 is 5.21 Å². The summed E-state index contributed by atoms with van der Waals surface area (Å²) in [6.07, 6.45) is 1.51. The maximum absolute atomic E-state index is 8.76. The number of nitrogens with zero attached hydrogens (tertiary/aromatic N) is 3. The summed E-state index contributed by atoms with van der Waals surface area (Å²) in [5.74, 6) is 0.0979. The van der Waals surface area contributed by atoms with Gasteiger partial charge in [-0.15, -0.1) is 0 Å². The van der Waals surface area contributed by atoms with Crippen LogP contribution in [-0.4, -0.2) is 20.4 Å². The Labute approximate surface area is 107 Å². The van der Waals surface area contributed by atoms with Gasteiger partial charge in [-0.1, -0.05) is 29.1 Å². The summed E-state index contributed by atoms with van der Waals surface area (Å²) in [5, 5.41) is 11.8. The van der Waals surface area contributed by atoms with E-state index in [4.69, 9.17) is 10.9 Å². The van der Waals surface area contributed by atoms with E-state index in [0.717, 1.165) is 14.8 Å². The summed E-state index contributed by atoms with van der Waals surface area (Å²) < 4.78 is 4.77. The van der Waals surface area contributed by atoms with Gasteiger partial charge in [0.1, 0.15) is 6.33 Å². The molecule has 0 unspecified atom stereocenters. The number of aromatic nitrogens is 2. The number of hydrogen-bond donors (Lipinski definition) is 2. The number of rotatable bonds is 3. The lowest BCUT2D eigenvalue weighted by Crippen LogP contribution is -2.14. The number of aryl methyl sites for hydroxylation is 1. The lowest BCUT2D eigenvalue weighted by Gasteiger charge is -2.08. The molecule has 0 aliphatic heterocycles. The molecule has 3 N–H and O–H groups in total. The van der Waals surface area contributed by atoms with Crippen molar-refractivity contribution in [1.29, 1.82) is 0 Å². The lowest BCUT2D eigenvalue weighted by atomic mass is 10.1. The lowest BCUT2D eigenvalue weighted by molar-refractivity contribution is 0.318. The Morgan fingerprint density at radius 2 is 2.35 bits per heavy atom. The van der Waals surface area contributed by atoms with Crippen LogP contribution in [0.2, 0.25) is 0 Å². The molecule has 5 nitrogen and oxygen atoms in total. The van der Waals surface area contributed by atoms with Gasteiger partial charge in [0, 0.05) is 10.5 Å². The normalized spacial score (nSPS) is 11.7. The van der Waals surface area contributed by atoms with E-state index in [9.17, 15) is 0 Å². The molecule has 2 aromatic rings. The predicted octanol–water partition coefficient (Wildman–Crippen LogP) is 2.09. The van der Waals surface area contributed by atoms with Gasteiger partial charge < -0.3 is 10.9 Å². The van der Waals surface area contributed by atoms with Gasteiger partial charge in [-0.3, -0.25) is 0 Å². The fraction of sp³-hybridized carbons (Fsp3) is 0.100. The summed E-state index contributed by atoms with van der Waals surface area (Å²) in [6, 6.07) is 5.65. The topological polar surface area (TPSA) is 84.4 Å². The second-order valence-electron chi connectivity index (χ2n) is 3.25. The highest BCUT2D eigenvalue weighted by atomic mass is 32.2. The number of oxime groups is 1. The van der Waals surface area contributed by atoms with Gasteiger partial charge in [0.15, 0.2) is 10.2 Å². The quantitative estimate of drug-likeness (QED) is 0.384. The molecule has 0 atom stereocenters. The second-order valence-corrected chi connectivity index (χ2v) is 5.28. The molecule has 88 valence electrons. The molecule has 0 bridgehead atoms. The van der Waals surface area contributed by atoms with Crippen LogP contribution in [-0.2, 0) is 0 Å². The minimum Gasteiger partial charge on any atom is -0.409 e. The fourth-order valence-corrected chi connectivity index (χ4v) is 2.93. The van der Waals surface area contributed by atoms with E-state index < -0.39 is 0 Å². The maximum atomic E-state index is 8.76. The van der Waals surface area contributed by atoms with Crippen LogP contribution in [0.15, 0.2) is 38.9 Å². The Morgan fingerprint density at radius 3 is 3.00 bits per heavy atom. The fourth-order valence-electron chi connectivity index (χ4n) is 1.34. The standard InChI is InChI=1S/C10H10N4OS2/c1-6-3-2-4-7(9(11)14-15)8(6)16-10-12-5-13-17-10/h2-5,15H,1H3,(H2,11,14). The van der Waals surface area contributed by atoms with Gasteiger partial charge in [-0.25, -0.2) is 4.98 Å². The molecule has 0 amide bonds. The van der Waals surface area contributed by atoms with Gasteiger partial charge in [0.2, 0.25) is 0 Å². The van der Waals surface area contributed by atoms with Crippen molar-refractivity contribution in [3.8, 4) is 0 Å². The molecule has 0 radical (unpaired) electrons. The van der Waals surface area contributed by atoms with E-state index in [1.807, 2.05) is 25.1 Å². The monoisotopic (exact) mass is 266 g/mol. The van der Waals surface area contributed by atoms with Crippen LogP contribution >= 0.6 is 23.3 Å². The Balaban J connectivity index is 2.44. The Hall–Kier alpha value is -1.60. The molecule has 0 saturated carbocycles. The highest BCUT2D eigenvalue weighted by Crippen LogP contribution is 2.33. The van der Waals surface area contributed by atoms with Crippen molar-refractivity contribution >= 4 is 29.1 Å². The molecule has 7 heteroatoms. The second kappa shape index (κ2) is 5.15. The van der Waals surface area contributed by atoms with Crippen molar-refractivity contribution in [3.63, 3.8) is 0 Å². The van der Waals surface area contributed by atoms with Crippen LogP contribution < -0.4 is 5.73 Å². The molecular formula is C10H10N4OS2. The molecule has 2 rings (SSSR count). The average Bonchev–Trinajstić information content (AvgIpc) is 2.83. The summed E-state index contributed by atoms with van der Waals surface area (Å²) in [5.41, 5.74) is 7.40. The molecule has 1 aromatic heterocycles. The van der Waals surface area contributed by atoms with Gasteiger partial charge >= 0.3 is 0 Å². The van der Waals surface area contributed by atoms with Crippen molar-refractivity contribution in [1.82, 2.24) is 9.36 Å².